The molecular formula is C14H26N2O4S. The molecule has 0 aromatic rings. The maximum Gasteiger partial charge on any atom is 0.307 e. The average molecular weight is 318 g/mol. The third-order valence-electron chi connectivity index (χ3n) is 4.64. The van der Waals surface area contributed by atoms with Crippen molar-refractivity contribution in [2.45, 2.75) is 56.7 Å². The first-order valence-electron chi connectivity index (χ1n) is 7.92. The molecule has 0 aromatic heterocycles. The van der Waals surface area contributed by atoms with E-state index in [1.165, 1.54) is 0 Å². The number of nitrogens with zero attached hydrogens (tertiary/aromatic N) is 1. The van der Waals surface area contributed by atoms with E-state index in [0.29, 0.717) is 25.8 Å². The van der Waals surface area contributed by atoms with Crippen LogP contribution in [0.4, 0.5) is 0 Å². The van der Waals surface area contributed by atoms with Crippen LogP contribution < -0.4 is 5.32 Å². The largest absolute Gasteiger partial charge is 0.481 e. The van der Waals surface area contributed by atoms with Gasteiger partial charge in [-0.15, -0.1) is 0 Å². The second-order valence-corrected chi connectivity index (χ2v) is 8.16. The fourth-order valence-electron chi connectivity index (χ4n) is 3.57. The van der Waals surface area contributed by atoms with Gasteiger partial charge in [-0.3, -0.25) is 4.79 Å². The van der Waals surface area contributed by atoms with Crippen LogP contribution in [0.2, 0.25) is 0 Å². The molecule has 1 saturated carbocycles. The molecule has 2 unspecified atom stereocenters. The Hall–Kier alpha value is -0.660. The Balaban J connectivity index is 2.22. The molecule has 21 heavy (non-hydrogen) atoms. The maximum absolute atomic E-state index is 13.0. The smallest absolute Gasteiger partial charge is 0.307 e. The maximum atomic E-state index is 13.0. The van der Waals surface area contributed by atoms with Gasteiger partial charge in [0.1, 0.15) is 0 Å². The number of carboxylic acid groups (broad SMARTS) is 1. The molecule has 0 radical (unpaired) electrons. The summed E-state index contributed by atoms with van der Waals surface area (Å²) in [7, 11) is -3.53. The molecule has 1 heterocycles. The lowest BCUT2D eigenvalue weighted by Crippen LogP contribution is -2.50. The Labute approximate surface area is 126 Å². The Morgan fingerprint density at radius 3 is 2.48 bits per heavy atom. The zero-order chi connectivity index (χ0) is 15.5. The van der Waals surface area contributed by atoms with E-state index < -0.39 is 27.2 Å². The molecule has 2 rings (SSSR count). The number of hydrogen-bond donors (Lipinski definition) is 2. The van der Waals surface area contributed by atoms with E-state index in [4.69, 9.17) is 0 Å². The third kappa shape index (κ3) is 3.57. The van der Waals surface area contributed by atoms with Crippen LogP contribution >= 0.6 is 0 Å². The van der Waals surface area contributed by atoms with Crippen LogP contribution in [0.15, 0.2) is 0 Å². The monoisotopic (exact) mass is 318 g/mol. The molecule has 1 saturated heterocycles. The van der Waals surface area contributed by atoms with E-state index in [1.54, 1.807) is 4.31 Å². The van der Waals surface area contributed by atoms with Gasteiger partial charge in [0.15, 0.2) is 0 Å². The standard InChI is InChI=1S/C14H26N2O4S/c1-2-10-16(11-6-8-15-9-7-11)21(19,20)13-5-3-4-12(13)14(17)18/h11-13,15H,2-10H2,1H3,(H,17,18). The molecule has 0 bridgehead atoms. The summed E-state index contributed by atoms with van der Waals surface area (Å²) >= 11 is 0. The van der Waals surface area contributed by atoms with Crippen molar-refractivity contribution in [2.75, 3.05) is 19.6 Å². The van der Waals surface area contributed by atoms with Crippen LogP contribution in [0.5, 0.6) is 0 Å². The minimum Gasteiger partial charge on any atom is -0.481 e. The Kier molecular flexibility index (Phi) is 5.62. The average Bonchev–Trinajstić information content (AvgIpc) is 2.96. The summed E-state index contributed by atoms with van der Waals surface area (Å²) in [5, 5.41) is 11.8. The minimum absolute atomic E-state index is 0.0197. The number of rotatable bonds is 6. The number of carbonyl (C=O) groups is 1. The normalized spacial score (nSPS) is 28.1. The van der Waals surface area contributed by atoms with Crippen molar-refractivity contribution in [3.05, 3.63) is 0 Å². The van der Waals surface area contributed by atoms with Crippen LogP contribution in [0.1, 0.15) is 45.4 Å². The van der Waals surface area contributed by atoms with E-state index in [0.717, 1.165) is 32.4 Å². The Morgan fingerprint density at radius 2 is 1.90 bits per heavy atom. The SMILES string of the molecule is CCCN(C1CCNCC1)S(=O)(=O)C1CCCC1C(=O)O. The van der Waals surface area contributed by atoms with E-state index >= 15 is 0 Å². The lowest BCUT2D eigenvalue weighted by Gasteiger charge is -2.36. The number of carboxylic acids is 1. The van der Waals surface area contributed by atoms with E-state index in [-0.39, 0.29) is 6.04 Å². The molecule has 6 nitrogen and oxygen atoms in total. The summed E-state index contributed by atoms with van der Waals surface area (Å²) in [6.45, 7) is 4.11. The summed E-state index contributed by atoms with van der Waals surface area (Å²) in [5.41, 5.74) is 0. The Bertz CT molecular complexity index is 460. The van der Waals surface area contributed by atoms with Crippen molar-refractivity contribution in [1.29, 1.82) is 0 Å². The van der Waals surface area contributed by atoms with Gasteiger partial charge in [-0.2, -0.15) is 4.31 Å². The highest BCUT2D eigenvalue weighted by atomic mass is 32.2. The predicted molar refractivity (Wildman–Crippen MR) is 80.6 cm³/mol. The Morgan fingerprint density at radius 1 is 1.24 bits per heavy atom. The topological polar surface area (TPSA) is 86.7 Å². The summed E-state index contributed by atoms with van der Waals surface area (Å²) < 4.78 is 27.6. The highest BCUT2D eigenvalue weighted by Crippen LogP contribution is 2.34. The minimum atomic E-state index is -3.53. The van der Waals surface area contributed by atoms with Crippen molar-refractivity contribution < 1.29 is 18.3 Å². The summed E-state index contributed by atoms with van der Waals surface area (Å²) in [6, 6.07) is 0.0197. The van der Waals surface area contributed by atoms with Gasteiger partial charge in [-0.05, 0) is 45.2 Å². The van der Waals surface area contributed by atoms with Gasteiger partial charge >= 0.3 is 5.97 Å². The summed E-state index contributed by atoms with van der Waals surface area (Å²) in [4.78, 5) is 11.3. The van der Waals surface area contributed by atoms with E-state index in [1.807, 2.05) is 6.92 Å². The highest BCUT2D eigenvalue weighted by Gasteiger charge is 2.45. The van der Waals surface area contributed by atoms with Crippen molar-refractivity contribution in [1.82, 2.24) is 9.62 Å². The van der Waals surface area contributed by atoms with Gasteiger partial charge in [0.2, 0.25) is 10.0 Å². The zero-order valence-electron chi connectivity index (χ0n) is 12.6. The molecule has 0 spiro atoms. The number of piperidine rings is 1. The lowest BCUT2D eigenvalue weighted by molar-refractivity contribution is -0.141. The summed E-state index contributed by atoms with van der Waals surface area (Å²) in [5.74, 6) is -1.71. The van der Waals surface area contributed by atoms with Crippen LogP contribution in [0.25, 0.3) is 0 Å². The molecule has 2 fully saturated rings. The number of hydrogen-bond acceptors (Lipinski definition) is 4. The van der Waals surface area contributed by atoms with Gasteiger partial charge in [0.05, 0.1) is 11.2 Å². The zero-order valence-corrected chi connectivity index (χ0v) is 13.4. The molecule has 1 aliphatic heterocycles. The van der Waals surface area contributed by atoms with Crippen LogP contribution in [0, 0.1) is 5.92 Å². The van der Waals surface area contributed by atoms with Gasteiger partial charge in [0, 0.05) is 12.6 Å². The molecule has 2 atom stereocenters. The van der Waals surface area contributed by atoms with Gasteiger partial charge < -0.3 is 10.4 Å². The lowest BCUT2D eigenvalue weighted by atomic mass is 10.1. The second-order valence-electron chi connectivity index (χ2n) is 6.05. The molecule has 122 valence electrons. The fourth-order valence-corrected chi connectivity index (χ4v) is 6.12. The third-order valence-corrected chi connectivity index (χ3v) is 7.10. The van der Waals surface area contributed by atoms with E-state index in [9.17, 15) is 18.3 Å². The molecule has 2 N–H and O–H groups in total. The summed E-state index contributed by atoms with van der Waals surface area (Å²) in [6.07, 6.45) is 4.02. The number of sulfonamides is 1. The van der Waals surface area contributed by atoms with Gasteiger partial charge in [-0.25, -0.2) is 8.42 Å². The molecular weight excluding hydrogens is 292 g/mol. The number of aliphatic carboxylic acids is 1. The van der Waals surface area contributed by atoms with Crippen molar-refractivity contribution >= 4 is 16.0 Å². The molecule has 7 heteroatoms. The molecule has 2 aliphatic rings. The predicted octanol–water partition coefficient (Wildman–Crippen LogP) is 1.03. The highest BCUT2D eigenvalue weighted by molar-refractivity contribution is 7.89. The first kappa shape index (κ1) is 16.7. The van der Waals surface area contributed by atoms with Crippen LogP contribution in [-0.2, 0) is 14.8 Å². The van der Waals surface area contributed by atoms with Crippen LogP contribution in [-0.4, -0.2) is 54.7 Å². The molecule has 1 aliphatic carbocycles. The molecule has 0 amide bonds. The fraction of sp³-hybridized carbons (Fsp3) is 0.929. The van der Waals surface area contributed by atoms with Crippen LogP contribution in [0.3, 0.4) is 0 Å². The van der Waals surface area contributed by atoms with Crippen molar-refractivity contribution in [3.8, 4) is 0 Å². The first-order valence-corrected chi connectivity index (χ1v) is 9.43. The van der Waals surface area contributed by atoms with Gasteiger partial charge in [-0.1, -0.05) is 13.3 Å². The number of nitrogens with one attached hydrogen (secondary N) is 1. The van der Waals surface area contributed by atoms with E-state index in [2.05, 4.69) is 5.32 Å². The first-order chi connectivity index (χ1) is 9.98. The van der Waals surface area contributed by atoms with Crippen molar-refractivity contribution in [3.63, 3.8) is 0 Å². The molecule has 0 aromatic carbocycles. The van der Waals surface area contributed by atoms with Crippen molar-refractivity contribution in [2.24, 2.45) is 5.92 Å². The van der Waals surface area contributed by atoms with Gasteiger partial charge in [0.25, 0.3) is 0 Å². The second kappa shape index (κ2) is 7.07. The quantitative estimate of drug-likeness (QED) is 0.764.